The van der Waals surface area contributed by atoms with Gasteiger partial charge in [0.15, 0.2) is 0 Å². The molecule has 6 heteroatoms. The van der Waals surface area contributed by atoms with E-state index in [9.17, 15) is 18.4 Å². The highest BCUT2D eigenvalue weighted by Crippen LogP contribution is 2.15. The van der Waals surface area contributed by atoms with Gasteiger partial charge in [0.2, 0.25) is 5.91 Å². The number of amides is 1. The maximum atomic E-state index is 13.4. The number of hydrogen-bond donors (Lipinski definition) is 1. The molecule has 0 saturated heterocycles. The van der Waals surface area contributed by atoms with Gasteiger partial charge >= 0.3 is 5.97 Å². The van der Waals surface area contributed by atoms with Crippen LogP contribution in [0, 0.1) is 11.6 Å². The number of halogens is 2. The van der Waals surface area contributed by atoms with Crippen LogP contribution in [0.15, 0.2) is 48.5 Å². The van der Waals surface area contributed by atoms with E-state index in [4.69, 9.17) is 0 Å². The van der Waals surface area contributed by atoms with Crippen LogP contribution >= 0.6 is 0 Å². The van der Waals surface area contributed by atoms with Crippen molar-refractivity contribution in [1.29, 1.82) is 0 Å². The molecule has 23 heavy (non-hydrogen) atoms. The molecule has 0 atom stereocenters. The number of carbonyl (C=O) groups excluding carboxylic acids is 2. The maximum Gasteiger partial charge on any atom is 0.337 e. The molecule has 2 aromatic rings. The molecule has 0 aliphatic rings. The van der Waals surface area contributed by atoms with Crippen molar-refractivity contribution in [1.82, 2.24) is 0 Å². The van der Waals surface area contributed by atoms with Crippen LogP contribution in [-0.2, 0) is 9.53 Å². The Morgan fingerprint density at radius 1 is 1.09 bits per heavy atom. The van der Waals surface area contributed by atoms with E-state index >= 15 is 0 Å². The van der Waals surface area contributed by atoms with Gasteiger partial charge in [0.05, 0.1) is 18.4 Å². The number of methoxy groups -OCH3 is 1. The topological polar surface area (TPSA) is 55.4 Å². The number of rotatable bonds is 4. The van der Waals surface area contributed by atoms with Gasteiger partial charge < -0.3 is 10.1 Å². The molecule has 0 unspecified atom stereocenters. The first-order valence-corrected chi connectivity index (χ1v) is 6.62. The van der Waals surface area contributed by atoms with Gasteiger partial charge in [0.25, 0.3) is 0 Å². The van der Waals surface area contributed by atoms with E-state index in [2.05, 4.69) is 10.1 Å². The first-order chi connectivity index (χ1) is 11.0. The van der Waals surface area contributed by atoms with Gasteiger partial charge in [-0.15, -0.1) is 0 Å². The van der Waals surface area contributed by atoms with Gasteiger partial charge in [-0.3, -0.25) is 4.79 Å². The van der Waals surface area contributed by atoms with Crippen molar-refractivity contribution in [2.75, 3.05) is 12.4 Å². The number of carbonyl (C=O) groups is 2. The highest BCUT2D eigenvalue weighted by Gasteiger charge is 2.06. The Balaban J connectivity index is 2.03. The Morgan fingerprint density at radius 3 is 2.43 bits per heavy atom. The summed E-state index contributed by atoms with van der Waals surface area (Å²) in [5.74, 6) is -2.44. The van der Waals surface area contributed by atoms with Crippen molar-refractivity contribution in [2.24, 2.45) is 0 Å². The zero-order valence-electron chi connectivity index (χ0n) is 12.2. The SMILES string of the molecule is COC(=O)c1ccc(/C=C/C(=O)Nc2cc(F)ccc2F)cc1. The van der Waals surface area contributed by atoms with Crippen molar-refractivity contribution in [3.05, 3.63) is 71.3 Å². The normalized spacial score (nSPS) is 10.6. The highest BCUT2D eigenvalue weighted by atomic mass is 19.1. The van der Waals surface area contributed by atoms with Gasteiger partial charge in [-0.1, -0.05) is 12.1 Å². The fourth-order valence-corrected chi connectivity index (χ4v) is 1.79. The van der Waals surface area contributed by atoms with E-state index in [1.54, 1.807) is 24.3 Å². The molecule has 0 saturated carbocycles. The Kier molecular flexibility index (Phi) is 5.19. The maximum absolute atomic E-state index is 13.4. The third-order valence-corrected chi connectivity index (χ3v) is 2.95. The van der Waals surface area contributed by atoms with E-state index in [0.29, 0.717) is 11.1 Å². The van der Waals surface area contributed by atoms with Gasteiger partial charge in [-0.2, -0.15) is 0 Å². The lowest BCUT2D eigenvalue weighted by Crippen LogP contribution is -2.09. The lowest BCUT2D eigenvalue weighted by atomic mass is 10.1. The second-order valence-electron chi connectivity index (χ2n) is 4.56. The molecule has 4 nitrogen and oxygen atoms in total. The number of hydrogen-bond acceptors (Lipinski definition) is 3. The summed E-state index contributed by atoms with van der Waals surface area (Å²) >= 11 is 0. The van der Waals surface area contributed by atoms with Crippen LogP contribution in [0.3, 0.4) is 0 Å². The Bertz CT molecular complexity index is 755. The zero-order chi connectivity index (χ0) is 16.8. The summed E-state index contributed by atoms with van der Waals surface area (Å²) in [6, 6.07) is 9.14. The second kappa shape index (κ2) is 7.31. The Morgan fingerprint density at radius 2 is 1.78 bits per heavy atom. The molecular weight excluding hydrogens is 304 g/mol. The molecule has 118 valence electrons. The second-order valence-corrected chi connectivity index (χ2v) is 4.56. The third kappa shape index (κ3) is 4.47. The summed E-state index contributed by atoms with van der Waals surface area (Å²) in [6.07, 6.45) is 2.66. The summed E-state index contributed by atoms with van der Waals surface area (Å²) in [7, 11) is 1.28. The van der Waals surface area contributed by atoms with Gasteiger partial charge in [-0.05, 0) is 35.9 Å². The van der Waals surface area contributed by atoms with Gasteiger partial charge in [-0.25, -0.2) is 13.6 Å². The number of esters is 1. The standard InChI is InChI=1S/C17H13F2NO3/c1-23-17(22)12-5-2-11(3-6-12)4-9-16(21)20-15-10-13(18)7-8-14(15)19/h2-10H,1H3,(H,20,21)/b9-4+. The number of anilines is 1. The summed E-state index contributed by atoms with van der Waals surface area (Å²) in [6.45, 7) is 0. The monoisotopic (exact) mass is 317 g/mol. The molecule has 2 aromatic carbocycles. The molecule has 0 radical (unpaired) electrons. The largest absolute Gasteiger partial charge is 0.465 e. The van der Waals surface area contributed by atoms with Crippen molar-refractivity contribution in [3.8, 4) is 0 Å². The predicted molar refractivity (Wildman–Crippen MR) is 81.8 cm³/mol. The average molecular weight is 317 g/mol. The minimum atomic E-state index is -0.726. The smallest absolute Gasteiger partial charge is 0.337 e. The zero-order valence-corrected chi connectivity index (χ0v) is 12.2. The fraction of sp³-hybridized carbons (Fsp3) is 0.0588. The van der Waals surface area contributed by atoms with Crippen LogP contribution in [0.5, 0.6) is 0 Å². The molecule has 1 amide bonds. The van der Waals surface area contributed by atoms with Crippen molar-refractivity contribution < 1.29 is 23.1 Å². The summed E-state index contributed by atoms with van der Waals surface area (Å²) in [4.78, 5) is 23.0. The lowest BCUT2D eigenvalue weighted by molar-refractivity contribution is -0.111. The first-order valence-electron chi connectivity index (χ1n) is 6.62. The average Bonchev–Trinajstić information content (AvgIpc) is 2.56. The van der Waals surface area contributed by atoms with Gasteiger partial charge in [0, 0.05) is 12.1 Å². The number of nitrogens with one attached hydrogen (secondary N) is 1. The Hall–Kier alpha value is -3.02. The van der Waals surface area contributed by atoms with E-state index in [1.807, 2.05) is 0 Å². The lowest BCUT2D eigenvalue weighted by Gasteiger charge is -2.03. The van der Waals surface area contributed by atoms with E-state index in [-0.39, 0.29) is 5.69 Å². The molecule has 0 bridgehead atoms. The molecule has 0 spiro atoms. The van der Waals surface area contributed by atoms with Crippen LogP contribution in [0.25, 0.3) is 6.08 Å². The Labute approximate surface area is 131 Å². The van der Waals surface area contributed by atoms with Crippen LogP contribution in [-0.4, -0.2) is 19.0 Å². The highest BCUT2D eigenvalue weighted by molar-refractivity contribution is 6.02. The minimum absolute atomic E-state index is 0.235. The number of benzene rings is 2. The minimum Gasteiger partial charge on any atom is -0.465 e. The quantitative estimate of drug-likeness (QED) is 0.694. The summed E-state index contributed by atoms with van der Waals surface area (Å²) < 4.78 is 31.0. The molecule has 0 aliphatic carbocycles. The van der Waals surface area contributed by atoms with Crippen molar-refractivity contribution in [3.63, 3.8) is 0 Å². The van der Waals surface area contributed by atoms with Gasteiger partial charge in [0.1, 0.15) is 11.6 Å². The first kappa shape index (κ1) is 16.4. The molecule has 2 rings (SSSR count). The van der Waals surface area contributed by atoms with Crippen molar-refractivity contribution >= 4 is 23.6 Å². The van der Waals surface area contributed by atoms with E-state index in [1.165, 1.54) is 19.3 Å². The van der Waals surface area contributed by atoms with Crippen LogP contribution in [0.1, 0.15) is 15.9 Å². The molecule has 0 aromatic heterocycles. The van der Waals surface area contributed by atoms with Crippen LogP contribution < -0.4 is 5.32 Å². The molecule has 0 fully saturated rings. The summed E-state index contributed by atoms with van der Waals surface area (Å²) in [5.41, 5.74) is 0.809. The molecule has 0 heterocycles. The third-order valence-electron chi connectivity index (χ3n) is 2.95. The fourth-order valence-electron chi connectivity index (χ4n) is 1.79. The summed E-state index contributed by atoms with van der Waals surface area (Å²) in [5, 5.41) is 2.25. The van der Waals surface area contributed by atoms with Crippen LogP contribution in [0.2, 0.25) is 0 Å². The van der Waals surface area contributed by atoms with E-state index in [0.717, 1.165) is 18.2 Å². The van der Waals surface area contributed by atoms with E-state index < -0.39 is 23.5 Å². The predicted octanol–water partition coefficient (Wildman–Crippen LogP) is 3.40. The van der Waals surface area contributed by atoms with Crippen molar-refractivity contribution in [2.45, 2.75) is 0 Å². The molecule has 1 N–H and O–H groups in total. The number of ether oxygens (including phenoxy) is 1. The molecule has 0 aliphatic heterocycles. The van der Waals surface area contributed by atoms with Crippen LogP contribution in [0.4, 0.5) is 14.5 Å². The molecular formula is C17H13F2NO3.